The third kappa shape index (κ3) is 2.33. The topological polar surface area (TPSA) is 87.7 Å². The van der Waals surface area contributed by atoms with Gasteiger partial charge in [-0.15, -0.1) is 0 Å². The van der Waals surface area contributed by atoms with E-state index < -0.39 is 12.6 Å². The number of nitrogens with one attached hydrogen (secondary N) is 2. The number of hydroxylamine groups is 1. The summed E-state index contributed by atoms with van der Waals surface area (Å²) in [4.78, 5) is 26.4. The van der Waals surface area contributed by atoms with E-state index in [9.17, 15) is 9.59 Å². The fourth-order valence-electron chi connectivity index (χ4n) is 2.44. The second-order valence-corrected chi connectivity index (χ2v) is 4.52. The minimum Gasteiger partial charge on any atom is -0.479 e. The zero-order chi connectivity index (χ0) is 11.6. The van der Waals surface area contributed by atoms with E-state index in [4.69, 9.17) is 5.11 Å². The number of hydrogen-bond acceptors (Lipinski definition) is 4. The van der Waals surface area contributed by atoms with Crippen LogP contribution < -0.4 is 10.8 Å². The first-order valence-electron chi connectivity index (χ1n) is 5.48. The van der Waals surface area contributed by atoms with Gasteiger partial charge in [0.15, 0.2) is 6.61 Å². The molecule has 1 spiro atoms. The molecule has 1 amide bonds. The summed E-state index contributed by atoms with van der Waals surface area (Å²) < 4.78 is 0. The predicted octanol–water partition coefficient (Wildman–Crippen LogP) is -0.492. The van der Waals surface area contributed by atoms with Crippen LogP contribution in [-0.2, 0) is 14.4 Å². The third-order valence-electron chi connectivity index (χ3n) is 3.47. The van der Waals surface area contributed by atoms with Crippen LogP contribution in [0.5, 0.6) is 0 Å². The number of carbonyl (C=O) groups excluding carboxylic acids is 1. The Kier molecular flexibility index (Phi) is 3.11. The molecule has 90 valence electrons. The molecule has 1 saturated heterocycles. The summed E-state index contributed by atoms with van der Waals surface area (Å²) in [6, 6.07) is 0. The SMILES string of the molecule is O=C(O)CONC(=O)C1CC12CCNCC2. The van der Waals surface area contributed by atoms with E-state index in [2.05, 4.69) is 15.6 Å². The molecule has 2 rings (SSSR count). The Labute approximate surface area is 93.3 Å². The molecular formula is C10H16N2O4. The molecule has 1 heterocycles. The number of carboxylic acid groups (broad SMARTS) is 1. The Balaban J connectivity index is 1.73. The van der Waals surface area contributed by atoms with E-state index in [0.29, 0.717) is 0 Å². The zero-order valence-corrected chi connectivity index (χ0v) is 8.99. The average Bonchev–Trinajstić information content (AvgIpc) is 2.92. The van der Waals surface area contributed by atoms with Gasteiger partial charge in [-0.25, -0.2) is 10.3 Å². The Morgan fingerprint density at radius 1 is 1.44 bits per heavy atom. The summed E-state index contributed by atoms with van der Waals surface area (Å²) in [5.74, 6) is -1.26. The smallest absolute Gasteiger partial charge is 0.332 e. The van der Waals surface area contributed by atoms with Crippen molar-refractivity contribution in [3.8, 4) is 0 Å². The number of aliphatic carboxylic acids is 1. The fraction of sp³-hybridized carbons (Fsp3) is 0.800. The van der Waals surface area contributed by atoms with Crippen molar-refractivity contribution in [2.45, 2.75) is 19.3 Å². The molecule has 1 aliphatic carbocycles. The monoisotopic (exact) mass is 228 g/mol. The van der Waals surface area contributed by atoms with Gasteiger partial charge < -0.3 is 10.4 Å². The molecule has 0 radical (unpaired) electrons. The van der Waals surface area contributed by atoms with Gasteiger partial charge in [0, 0.05) is 5.92 Å². The minimum atomic E-state index is -1.09. The Bertz CT molecular complexity index is 299. The lowest BCUT2D eigenvalue weighted by Crippen LogP contribution is -2.34. The Morgan fingerprint density at radius 2 is 2.12 bits per heavy atom. The van der Waals surface area contributed by atoms with Crippen LogP contribution in [0.1, 0.15) is 19.3 Å². The average molecular weight is 228 g/mol. The largest absolute Gasteiger partial charge is 0.479 e. The molecule has 2 aliphatic rings. The Hall–Kier alpha value is -1.14. The first kappa shape index (κ1) is 11.3. The number of rotatable bonds is 4. The van der Waals surface area contributed by atoms with Crippen LogP contribution >= 0.6 is 0 Å². The second kappa shape index (κ2) is 4.39. The van der Waals surface area contributed by atoms with E-state index in [0.717, 1.165) is 32.4 Å². The number of hydrogen-bond donors (Lipinski definition) is 3. The van der Waals surface area contributed by atoms with E-state index >= 15 is 0 Å². The molecule has 0 bridgehead atoms. The molecule has 1 atom stereocenters. The van der Waals surface area contributed by atoms with Gasteiger partial charge in [0.25, 0.3) is 0 Å². The van der Waals surface area contributed by atoms with Crippen LogP contribution in [0.25, 0.3) is 0 Å². The van der Waals surface area contributed by atoms with Crippen LogP contribution in [0, 0.1) is 11.3 Å². The predicted molar refractivity (Wildman–Crippen MR) is 54.4 cm³/mol. The molecule has 0 aromatic heterocycles. The maximum Gasteiger partial charge on any atom is 0.332 e. The summed E-state index contributed by atoms with van der Waals surface area (Å²) >= 11 is 0. The number of amides is 1. The van der Waals surface area contributed by atoms with Gasteiger partial charge in [-0.05, 0) is 37.8 Å². The molecule has 16 heavy (non-hydrogen) atoms. The van der Waals surface area contributed by atoms with Gasteiger partial charge in [0.1, 0.15) is 0 Å². The van der Waals surface area contributed by atoms with E-state index in [1.165, 1.54) is 0 Å². The van der Waals surface area contributed by atoms with Crippen LogP contribution in [0.3, 0.4) is 0 Å². The molecule has 1 unspecified atom stereocenters. The van der Waals surface area contributed by atoms with Gasteiger partial charge in [-0.3, -0.25) is 9.63 Å². The van der Waals surface area contributed by atoms with Gasteiger partial charge in [-0.2, -0.15) is 0 Å². The minimum absolute atomic E-state index is 0.00314. The highest BCUT2D eigenvalue weighted by molar-refractivity contribution is 5.81. The molecule has 6 nitrogen and oxygen atoms in total. The number of carboxylic acids is 1. The van der Waals surface area contributed by atoms with Crippen molar-refractivity contribution in [2.75, 3.05) is 19.7 Å². The van der Waals surface area contributed by atoms with E-state index in [1.54, 1.807) is 0 Å². The van der Waals surface area contributed by atoms with Gasteiger partial charge >= 0.3 is 5.97 Å². The maximum atomic E-state index is 11.6. The fourth-order valence-corrected chi connectivity index (χ4v) is 2.44. The van der Waals surface area contributed by atoms with Crippen LogP contribution in [0.15, 0.2) is 0 Å². The quantitative estimate of drug-likeness (QED) is 0.565. The first-order valence-corrected chi connectivity index (χ1v) is 5.48. The van der Waals surface area contributed by atoms with Gasteiger partial charge in [0.2, 0.25) is 5.91 Å². The lowest BCUT2D eigenvalue weighted by atomic mass is 9.92. The van der Waals surface area contributed by atoms with Crippen LogP contribution in [0.2, 0.25) is 0 Å². The molecule has 1 saturated carbocycles. The normalized spacial score (nSPS) is 26.4. The van der Waals surface area contributed by atoms with Crippen LogP contribution in [-0.4, -0.2) is 36.7 Å². The van der Waals surface area contributed by atoms with Crippen molar-refractivity contribution in [3.05, 3.63) is 0 Å². The van der Waals surface area contributed by atoms with Crippen molar-refractivity contribution in [1.29, 1.82) is 0 Å². The third-order valence-corrected chi connectivity index (χ3v) is 3.47. The van der Waals surface area contributed by atoms with Crippen molar-refractivity contribution < 1.29 is 19.5 Å². The van der Waals surface area contributed by atoms with E-state index in [1.807, 2.05) is 0 Å². The first-order chi connectivity index (χ1) is 7.64. The lowest BCUT2D eigenvalue weighted by molar-refractivity contribution is -0.150. The summed E-state index contributed by atoms with van der Waals surface area (Å²) in [5.41, 5.74) is 2.36. The standard InChI is InChI=1S/C10H16N2O4/c13-8(14)6-16-12-9(15)7-5-10(7)1-3-11-4-2-10/h7,11H,1-6H2,(H,12,15)(H,13,14). The maximum absolute atomic E-state index is 11.6. The van der Waals surface area contributed by atoms with Gasteiger partial charge in [-0.1, -0.05) is 0 Å². The molecule has 6 heteroatoms. The molecule has 0 aromatic rings. The second-order valence-electron chi connectivity index (χ2n) is 4.52. The molecule has 0 aromatic carbocycles. The van der Waals surface area contributed by atoms with Crippen molar-refractivity contribution in [3.63, 3.8) is 0 Å². The summed E-state index contributed by atoms with van der Waals surface area (Å²) in [7, 11) is 0. The van der Waals surface area contributed by atoms with E-state index in [-0.39, 0.29) is 17.2 Å². The lowest BCUT2D eigenvalue weighted by Gasteiger charge is -2.23. The summed E-state index contributed by atoms with van der Waals surface area (Å²) in [5, 5.41) is 11.6. The van der Waals surface area contributed by atoms with Crippen LogP contribution in [0.4, 0.5) is 0 Å². The highest BCUT2D eigenvalue weighted by Gasteiger charge is 2.57. The molecular weight excluding hydrogens is 212 g/mol. The summed E-state index contributed by atoms with van der Waals surface area (Å²) in [6.45, 7) is 1.42. The molecule has 2 fully saturated rings. The van der Waals surface area contributed by atoms with Gasteiger partial charge in [0.05, 0.1) is 0 Å². The van der Waals surface area contributed by atoms with Crippen molar-refractivity contribution >= 4 is 11.9 Å². The Morgan fingerprint density at radius 3 is 2.75 bits per heavy atom. The zero-order valence-electron chi connectivity index (χ0n) is 8.99. The highest BCUT2D eigenvalue weighted by Crippen LogP contribution is 2.58. The molecule has 1 aliphatic heterocycles. The van der Waals surface area contributed by atoms with Crippen molar-refractivity contribution in [2.24, 2.45) is 11.3 Å². The number of piperidine rings is 1. The number of carbonyl (C=O) groups is 2. The summed E-state index contributed by atoms with van der Waals surface area (Å²) in [6.07, 6.45) is 2.94. The van der Waals surface area contributed by atoms with Crippen molar-refractivity contribution in [1.82, 2.24) is 10.8 Å². The molecule has 3 N–H and O–H groups in total. The highest BCUT2D eigenvalue weighted by atomic mass is 16.7.